The zero-order chi connectivity index (χ0) is 29.4. The van der Waals surface area contributed by atoms with Crippen LogP contribution in [0, 0.1) is 0 Å². The van der Waals surface area contributed by atoms with Gasteiger partial charge < -0.3 is 25.4 Å². The second-order valence-electron chi connectivity index (χ2n) is 9.24. The van der Waals surface area contributed by atoms with Crippen molar-refractivity contribution in [1.29, 1.82) is 0 Å². The highest BCUT2D eigenvalue weighted by atomic mass is 79.9. The van der Waals surface area contributed by atoms with Crippen LogP contribution < -0.4 is 26.0 Å². The molecule has 4 N–H and O–H groups in total. The van der Waals surface area contributed by atoms with Crippen LogP contribution >= 0.6 is 27.5 Å². The molecule has 0 unspecified atom stereocenters. The first-order valence-corrected chi connectivity index (χ1v) is 12.9. The molecular weight excluding hydrogens is 608 g/mol. The Balaban J connectivity index is 1.60. The topological polar surface area (TPSA) is 161 Å². The predicted octanol–water partition coefficient (Wildman–Crippen LogP) is 5.50. The van der Waals surface area contributed by atoms with E-state index in [0.717, 1.165) is 0 Å². The smallest absolute Gasteiger partial charge is 0.408 e. The summed E-state index contributed by atoms with van der Waals surface area (Å²) in [5.41, 5.74) is -0.299. The van der Waals surface area contributed by atoms with Crippen molar-refractivity contribution >= 4 is 62.8 Å². The van der Waals surface area contributed by atoms with Gasteiger partial charge in [0.15, 0.2) is 0 Å². The number of halogens is 2. The zero-order valence-electron chi connectivity index (χ0n) is 21.9. The molecule has 12 nitrogen and oxygen atoms in total. The molecule has 210 valence electrons. The standard InChI is InChI=1S/C26H26BrClN6O6/c1-14(31-25(38)40-26(2,3)4)21(35)33-19-8-6-5-7-17(19)22(36)34-23(37)32-16-9-10-20(18(28)11-16)39-24-29-12-15(27)13-30-24/h5-14H,1-4H3,(H,31,38)(H,33,35)(H2,32,34,36,37)/t14-/m1/s1. The first-order valence-electron chi connectivity index (χ1n) is 11.8. The second-order valence-corrected chi connectivity index (χ2v) is 10.6. The van der Waals surface area contributed by atoms with Gasteiger partial charge in [-0.25, -0.2) is 19.6 Å². The number of imide groups is 1. The van der Waals surface area contributed by atoms with Gasteiger partial charge in [0, 0.05) is 18.1 Å². The van der Waals surface area contributed by atoms with Gasteiger partial charge in [0.05, 0.1) is 20.7 Å². The minimum atomic E-state index is -0.971. The maximum Gasteiger partial charge on any atom is 0.408 e. The van der Waals surface area contributed by atoms with Crippen LogP contribution in [0.1, 0.15) is 38.1 Å². The number of hydrogen-bond donors (Lipinski definition) is 4. The lowest BCUT2D eigenvalue weighted by atomic mass is 10.1. The number of urea groups is 1. The minimum absolute atomic E-state index is 0.0201. The van der Waals surface area contributed by atoms with Crippen LogP contribution in [0.15, 0.2) is 59.3 Å². The highest BCUT2D eigenvalue weighted by Gasteiger charge is 2.23. The summed E-state index contributed by atoms with van der Waals surface area (Å²) in [6.45, 7) is 6.55. The lowest BCUT2D eigenvalue weighted by Crippen LogP contribution is -2.44. The molecule has 3 aromatic rings. The Labute approximate surface area is 243 Å². The molecule has 0 bridgehead atoms. The Morgan fingerprint density at radius 1 is 1.00 bits per heavy atom. The fourth-order valence-electron chi connectivity index (χ4n) is 3.03. The largest absolute Gasteiger partial charge is 0.444 e. The van der Waals surface area contributed by atoms with Gasteiger partial charge in [-0.3, -0.25) is 14.9 Å². The number of nitrogens with one attached hydrogen (secondary N) is 4. The van der Waals surface area contributed by atoms with E-state index in [9.17, 15) is 19.2 Å². The van der Waals surface area contributed by atoms with Crippen molar-refractivity contribution in [2.45, 2.75) is 39.3 Å². The summed E-state index contributed by atoms with van der Waals surface area (Å²) in [6, 6.07) is 8.79. The molecular formula is C26H26BrClN6O6. The molecule has 0 aliphatic heterocycles. The quantitative estimate of drug-likeness (QED) is 0.265. The lowest BCUT2D eigenvalue weighted by Gasteiger charge is -2.22. The number of nitrogens with zero attached hydrogens (tertiary/aromatic N) is 2. The van der Waals surface area contributed by atoms with Gasteiger partial charge >= 0.3 is 18.1 Å². The summed E-state index contributed by atoms with van der Waals surface area (Å²) in [6.07, 6.45) is 2.26. The fraction of sp³-hybridized carbons (Fsp3) is 0.231. The van der Waals surface area contributed by atoms with Crippen molar-refractivity contribution in [2.24, 2.45) is 0 Å². The molecule has 0 saturated carbocycles. The van der Waals surface area contributed by atoms with Crippen molar-refractivity contribution in [3.63, 3.8) is 0 Å². The number of carbonyl (C=O) groups excluding carboxylic acids is 4. The molecule has 0 aliphatic rings. The molecule has 2 aromatic carbocycles. The first kappa shape index (κ1) is 30.3. The molecule has 0 fully saturated rings. The normalized spacial score (nSPS) is 11.6. The van der Waals surface area contributed by atoms with E-state index in [4.69, 9.17) is 21.1 Å². The average Bonchev–Trinajstić information content (AvgIpc) is 2.86. The average molecular weight is 634 g/mol. The maximum atomic E-state index is 12.8. The third-order valence-electron chi connectivity index (χ3n) is 4.77. The molecule has 1 aromatic heterocycles. The first-order chi connectivity index (χ1) is 18.8. The number of hydrogen-bond acceptors (Lipinski definition) is 8. The van der Waals surface area contributed by atoms with Gasteiger partial charge in [-0.1, -0.05) is 23.7 Å². The third kappa shape index (κ3) is 9.20. The summed E-state index contributed by atoms with van der Waals surface area (Å²) >= 11 is 9.48. The van der Waals surface area contributed by atoms with Crippen LogP contribution in [0.4, 0.5) is 21.0 Å². The van der Waals surface area contributed by atoms with E-state index >= 15 is 0 Å². The Morgan fingerprint density at radius 2 is 1.68 bits per heavy atom. The summed E-state index contributed by atoms with van der Waals surface area (Å²) in [7, 11) is 0. The molecule has 0 saturated heterocycles. The number of aromatic nitrogens is 2. The van der Waals surface area contributed by atoms with Crippen molar-refractivity contribution in [3.05, 3.63) is 69.9 Å². The van der Waals surface area contributed by atoms with Gasteiger partial charge in [0.25, 0.3) is 5.91 Å². The van der Waals surface area contributed by atoms with E-state index in [1.807, 2.05) is 0 Å². The lowest BCUT2D eigenvalue weighted by molar-refractivity contribution is -0.117. The van der Waals surface area contributed by atoms with E-state index in [1.54, 1.807) is 32.9 Å². The molecule has 0 radical (unpaired) electrons. The number of alkyl carbamates (subject to hydrolysis) is 1. The predicted molar refractivity (Wildman–Crippen MR) is 152 cm³/mol. The number of anilines is 2. The molecule has 0 spiro atoms. The maximum absolute atomic E-state index is 12.8. The Morgan fingerprint density at radius 3 is 2.33 bits per heavy atom. The Kier molecular flexibility index (Phi) is 10.0. The summed E-state index contributed by atoms with van der Waals surface area (Å²) in [4.78, 5) is 57.9. The Bertz CT molecular complexity index is 1410. The van der Waals surface area contributed by atoms with E-state index in [0.29, 0.717) is 4.47 Å². The van der Waals surface area contributed by atoms with E-state index < -0.39 is 35.6 Å². The highest BCUT2D eigenvalue weighted by molar-refractivity contribution is 9.10. The van der Waals surface area contributed by atoms with Crippen molar-refractivity contribution in [2.75, 3.05) is 10.6 Å². The number of rotatable bonds is 7. The van der Waals surface area contributed by atoms with Crippen LogP contribution in [-0.4, -0.2) is 45.5 Å². The van der Waals surface area contributed by atoms with Gasteiger partial charge in [-0.05, 0) is 74.0 Å². The van der Waals surface area contributed by atoms with E-state index in [2.05, 4.69) is 47.2 Å². The summed E-state index contributed by atoms with van der Waals surface area (Å²) < 4.78 is 11.4. The van der Waals surface area contributed by atoms with Crippen LogP contribution in [0.25, 0.3) is 0 Å². The molecule has 3 rings (SSSR count). The van der Waals surface area contributed by atoms with Crippen LogP contribution in [-0.2, 0) is 9.53 Å². The van der Waals surface area contributed by atoms with E-state index in [-0.39, 0.29) is 33.7 Å². The van der Waals surface area contributed by atoms with Gasteiger partial charge in [0.2, 0.25) is 5.91 Å². The van der Waals surface area contributed by atoms with Crippen LogP contribution in [0.5, 0.6) is 11.8 Å². The van der Waals surface area contributed by atoms with Crippen LogP contribution in [0.2, 0.25) is 5.02 Å². The number of ether oxygens (including phenoxy) is 2. The zero-order valence-corrected chi connectivity index (χ0v) is 24.2. The second kappa shape index (κ2) is 13.2. The number of amides is 5. The molecule has 1 heterocycles. The Hall–Kier alpha value is -4.23. The monoisotopic (exact) mass is 632 g/mol. The number of benzene rings is 2. The fourth-order valence-corrected chi connectivity index (χ4v) is 3.45. The van der Waals surface area contributed by atoms with Gasteiger partial charge in [-0.15, -0.1) is 0 Å². The number of carbonyl (C=O) groups is 4. The SMILES string of the molecule is C[C@@H](NC(=O)OC(C)(C)C)C(=O)Nc1ccccc1C(=O)NC(=O)Nc1ccc(Oc2ncc(Br)cn2)c(Cl)c1. The molecule has 1 atom stereocenters. The van der Waals surface area contributed by atoms with Gasteiger partial charge in [-0.2, -0.15) is 0 Å². The number of para-hydroxylation sites is 1. The van der Waals surface area contributed by atoms with Crippen LogP contribution in [0.3, 0.4) is 0 Å². The molecule has 5 amide bonds. The highest BCUT2D eigenvalue weighted by Crippen LogP contribution is 2.30. The van der Waals surface area contributed by atoms with Crippen molar-refractivity contribution < 1.29 is 28.7 Å². The third-order valence-corrected chi connectivity index (χ3v) is 5.48. The van der Waals surface area contributed by atoms with Crippen molar-refractivity contribution in [1.82, 2.24) is 20.6 Å². The molecule has 14 heteroatoms. The summed E-state index contributed by atoms with van der Waals surface area (Å²) in [5.74, 6) is -1.12. The molecule has 40 heavy (non-hydrogen) atoms. The minimum Gasteiger partial charge on any atom is -0.444 e. The van der Waals surface area contributed by atoms with E-state index in [1.165, 1.54) is 49.6 Å². The summed E-state index contributed by atoms with van der Waals surface area (Å²) in [5, 5.41) is 9.86. The van der Waals surface area contributed by atoms with Crippen molar-refractivity contribution in [3.8, 4) is 11.8 Å². The van der Waals surface area contributed by atoms with Gasteiger partial charge in [0.1, 0.15) is 17.4 Å². The molecule has 0 aliphatic carbocycles.